The molecule has 5 heteroatoms. The maximum absolute atomic E-state index is 12.5. The lowest BCUT2D eigenvalue weighted by Gasteiger charge is -2.27. The van der Waals surface area contributed by atoms with E-state index in [0.717, 1.165) is 32.1 Å². The fraction of sp³-hybridized carbons (Fsp3) is 0.615. The molecule has 0 unspecified atom stereocenters. The van der Waals surface area contributed by atoms with Gasteiger partial charge in [0, 0.05) is 6.20 Å². The first-order valence-electron chi connectivity index (χ1n) is 6.49. The Labute approximate surface area is 109 Å². The summed E-state index contributed by atoms with van der Waals surface area (Å²) in [6.07, 6.45) is 7.55. The molecule has 1 aliphatic carbocycles. The van der Waals surface area contributed by atoms with Crippen molar-refractivity contribution >= 4 is 15.5 Å². The highest BCUT2D eigenvalue weighted by molar-refractivity contribution is 7.92. The second kappa shape index (κ2) is 5.26. The van der Waals surface area contributed by atoms with Crippen LogP contribution in [0.25, 0.3) is 0 Å². The monoisotopic (exact) mass is 268 g/mol. The molecule has 100 valence electrons. The van der Waals surface area contributed by atoms with E-state index in [1.54, 1.807) is 0 Å². The zero-order chi connectivity index (χ0) is 13.2. The normalized spacial score (nSPS) is 24.9. The minimum atomic E-state index is -3.29. The van der Waals surface area contributed by atoms with Crippen LogP contribution in [0.5, 0.6) is 0 Å². The van der Waals surface area contributed by atoms with Crippen molar-refractivity contribution in [1.29, 1.82) is 0 Å². The highest BCUT2D eigenvalue weighted by Gasteiger charge is 2.32. The zero-order valence-corrected chi connectivity index (χ0v) is 11.5. The van der Waals surface area contributed by atoms with Gasteiger partial charge in [0.05, 0.1) is 22.0 Å². The van der Waals surface area contributed by atoms with Crippen LogP contribution in [0.15, 0.2) is 23.4 Å². The van der Waals surface area contributed by atoms with E-state index in [9.17, 15) is 8.42 Å². The number of nitrogens with zero attached hydrogens (tertiary/aromatic N) is 1. The molecule has 1 aliphatic rings. The number of aromatic nitrogens is 1. The third-order valence-electron chi connectivity index (χ3n) is 3.93. The summed E-state index contributed by atoms with van der Waals surface area (Å²) in [4.78, 5) is 4.09. The van der Waals surface area contributed by atoms with E-state index in [2.05, 4.69) is 11.9 Å². The van der Waals surface area contributed by atoms with E-state index in [0.29, 0.717) is 5.92 Å². The van der Waals surface area contributed by atoms with Gasteiger partial charge in [0.25, 0.3) is 0 Å². The van der Waals surface area contributed by atoms with Crippen LogP contribution in [0.1, 0.15) is 39.0 Å². The standard InChI is InChI=1S/C13H20N2O2S/c1-2-10-3-5-11(6-4-10)18(16,17)13-7-8-15-9-12(13)14/h7-11H,2-6,14H2,1H3. The third kappa shape index (κ3) is 2.51. The molecule has 18 heavy (non-hydrogen) atoms. The van der Waals surface area contributed by atoms with E-state index < -0.39 is 9.84 Å². The highest BCUT2D eigenvalue weighted by atomic mass is 32.2. The van der Waals surface area contributed by atoms with Crippen LogP contribution in [0.2, 0.25) is 0 Å². The second-order valence-electron chi connectivity index (χ2n) is 5.01. The third-order valence-corrected chi connectivity index (χ3v) is 6.26. The van der Waals surface area contributed by atoms with Crippen LogP contribution in [-0.4, -0.2) is 18.7 Å². The summed E-state index contributed by atoms with van der Waals surface area (Å²) < 4.78 is 25.0. The van der Waals surface area contributed by atoms with Crippen LogP contribution in [-0.2, 0) is 9.84 Å². The molecule has 2 N–H and O–H groups in total. The Hall–Kier alpha value is -1.10. The molecule has 0 aliphatic heterocycles. The van der Waals surface area contributed by atoms with Crippen molar-refractivity contribution in [3.05, 3.63) is 18.5 Å². The van der Waals surface area contributed by atoms with E-state index in [4.69, 9.17) is 5.73 Å². The minimum Gasteiger partial charge on any atom is -0.396 e. The predicted molar refractivity (Wildman–Crippen MR) is 71.9 cm³/mol. The number of nitrogen functional groups attached to an aromatic ring is 1. The molecule has 0 bridgehead atoms. The molecular formula is C13H20N2O2S. The van der Waals surface area contributed by atoms with E-state index in [1.807, 2.05) is 0 Å². The van der Waals surface area contributed by atoms with Gasteiger partial charge in [-0.25, -0.2) is 8.42 Å². The Kier molecular flexibility index (Phi) is 3.90. The van der Waals surface area contributed by atoms with Gasteiger partial charge in [-0.2, -0.15) is 0 Å². The quantitative estimate of drug-likeness (QED) is 0.913. The Morgan fingerprint density at radius 1 is 1.33 bits per heavy atom. The van der Waals surface area contributed by atoms with Gasteiger partial charge in [0.1, 0.15) is 0 Å². The van der Waals surface area contributed by atoms with Crippen molar-refractivity contribution in [2.45, 2.75) is 49.2 Å². The van der Waals surface area contributed by atoms with Crippen LogP contribution in [0, 0.1) is 5.92 Å². The fourth-order valence-electron chi connectivity index (χ4n) is 2.68. The molecule has 1 fully saturated rings. The molecule has 0 radical (unpaired) electrons. The molecule has 2 rings (SSSR count). The van der Waals surface area contributed by atoms with Gasteiger partial charge in [-0.1, -0.05) is 13.3 Å². The summed E-state index contributed by atoms with van der Waals surface area (Å²) in [5.74, 6) is 0.686. The molecule has 0 aromatic carbocycles. The zero-order valence-electron chi connectivity index (χ0n) is 10.7. The molecule has 0 amide bonds. The molecule has 1 heterocycles. The van der Waals surface area contributed by atoms with Crippen molar-refractivity contribution < 1.29 is 8.42 Å². The molecule has 1 aromatic rings. The first-order valence-corrected chi connectivity index (χ1v) is 8.03. The summed E-state index contributed by atoms with van der Waals surface area (Å²) in [6, 6.07) is 1.51. The van der Waals surface area contributed by atoms with Crippen molar-refractivity contribution in [2.75, 3.05) is 5.73 Å². The maximum Gasteiger partial charge on any atom is 0.183 e. The molecule has 0 atom stereocenters. The first kappa shape index (κ1) is 13.3. The average molecular weight is 268 g/mol. The summed E-state index contributed by atoms with van der Waals surface area (Å²) in [7, 11) is -3.29. The van der Waals surface area contributed by atoms with E-state index in [1.165, 1.54) is 18.5 Å². The van der Waals surface area contributed by atoms with Gasteiger partial charge in [0.15, 0.2) is 9.84 Å². The number of hydrogen-bond acceptors (Lipinski definition) is 4. The Bertz CT molecular complexity index is 505. The lowest BCUT2D eigenvalue weighted by Crippen LogP contribution is -2.27. The number of rotatable bonds is 3. The number of anilines is 1. The topological polar surface area (TPSA) is 73.0 Å². The first-order chi connectivity index (χ1) is 8.55. The van der Waals surface area contributed by atoms with Gasteiger partial charge in [-0.3, -0.25) is 4.98 Å². The number of sulfone groups is 1. The Balaban J connectivity index is 2.20. The summed E-state index contributed by atoms with van der Waals surface area (Å²) in [6.45, 7) is 2.17. The van der Waals surface area contributed by atoms with Crippen molar-refractivity contribution in [1.82, 2.24) is 4.98 Å². The molecule has 0 saturated heterocycles. The molecule has 1 saturated carbocycles. The Morgan fingerprint density at radius 3 is 2.56 bits per heavy atom. The maximum atomic E-state index is 12.5. The average Bonchev–Trinajstić information content (AvgIpc) is 2.39. The summed E-state index contributed by atoms with van der Waals surface area (Å²) in [5, 5.41) is -0.273. The van der Waals surface area contributed by atoms with Crippen LogP contribution in [0.4, 0.5) is 5.69 Å². The lowest BCUT2D eigenvalue weighted by atomic mass is 9.87. The fourth-order valence-corrected chi connectivity index (χ4v) is 4.57. The second-order valence-corrected chi connectivity index (χ2v) is 7.21. The largest absolute Gasteiger partial charge is 0.396 e. The molecular weight excluding hydrogens is 248 g/mol. The molecule has 4 nitrogen and oxygen atoms in total. The van der Waals surface area contributed by atoms with Crippen molar-refractivity contribution in [3.8, 4) is 0 Å². The molecule has 1 aromatic heterocycles. The SMILES string of the molecule is CCC1CCC(S(=O)(=O)c2ccncc2N)CC1. The van der Waals surface area contributed by atoms with E-state index in [-0.39, 0.29) is 15.8 Å². The predicted octanol–water partition coefficient (Wildman–Crippen LogP) is 2.41. The Morgan fingerprint density at radius 2 is 2.00 bits per heavy atom. The lowest BCUT2D eigenvalue weighted by molar-refractivity contribution is 0.348. The highest BCUT2D eigenvalue weighted by Crippen LogP contribution is 2.34. The van der Waals surface area contributed by atoms with Crippen LogP contribution >= 0.6 is 0 Å². The van der Waals surface area contributed by atoms with E-state index >= 15 is 0 Å². The van der Waals surface area contributed by atoms with Crippen LogP contribution in [0.3, 0.4) is 0 Å². The minimum absolute atomic E-state index is 0.248. The van der Waals surface area contributed by atoms with Crippen LogP contribution < -0.4 is 5.73 Å². The van der Waals surface area contributed by atoms with Gasteiger partial charge >= 0.3 is 0 Å². The summed E-state index contributed by atoms with van der Waals surface area (Å²) in [5.41, 5.74) is 5.98. The van der Waals surface area contributed by atoms with Crippen molar-refractivity contribution in [2.24, 2.45) is 5.92 Å². The number of pyridine rings is 1. The van der Waals surface area contributed by atoms with Gasteiger partial charge in [-0.05, 0) is 37.7 Å². The summed E-state index contributed by atoms with van der Waals surface area (Å²) >= 11 is 0. The van der Waals surface area contributed by atoms with Gasteiger partial charge in [-0.15, -0.1) is 0 Å². The molecule has 0 spiro atoms. The van der Waals surface area contributed by atoms with Gasteiger partial charge < -0.3 is 5.73 Å². The number of nitrogens with two attached hydrogens (primary N) is 1. The van der Waals surface area contributed by atoms with Gasteiger partial charge in [0.2, 0.25) is 0 Å². The number of hydrogen-bond donors (Lipinski definition) is 1. The smallest absolute Gasteiger partial charge is 0.183 e. The van der Waals surface area contributed by atoms with Crippen molar-refractivity contribution in [3.63, 3.8) is 0 Å².